The molecule has 0 spiro atoms. The topological polar surface area (TPSA) is 748 Å². The third-order valence-corrected chi connectivity index (χ3v) is 20.5. The first-order valence-electron chi connectivity index (χ1n) is 35.5. The average molecular weight is 1480 g/mol. The number of aliphatic hydroxyl groups excluding tert-OH is 12. The van der Waals surface area contributed by atoms with Gasteiger partial charge >= 0.3 is 12.1 Å². The molecule has 0 bridgehead atoms. The van der Waals surface area contributed by atoms with Crippen molar-refractivity contribution in [3.8, 4) is 0 Å². The number of unbranched alkanes of at least 4 members (excludes halogenated alkanes) is 9. The van der Waals surface area contributed by atoms with Gasteiger partial charge in [0.15, 0.2) is 37.7 Å². The molecule has 6 aliphatic heterocycles. The fourth-order valence-electron chi connectivity index (χ4n) is 14.1. The number of hydrogen-bond acceptors (Lipinski definition) is 38. The zero-order valence-electron chi connectivity index (χ0n) is 57.1. The van der Waals surface area contributed by atoms with Crippen LogP contribution in [0.3, 0.4) is 0 Å². The summed E-state index contributed by atoms with van der Waals surface area (Å²) in [5, 5.41) is 142. The van der Waals surface area contributed by atoms with Crippen LogP contribution in [0.4, 0.5) is 9.59 Å². The number of carbonyl (C=O) groups is 2. The van der Waals surface area contributed by atoms with Crippen LogP contribution in [0.25, 0.3) is 0 Å². The van der Waals surface area contributed by atoms with Crippen molar-refractivity contribution in [2.75, 3.05) is 52.4 Å². The maximum absolute atomic E-state index is 13.2. The van der Waals surface area contributed by atoms with E-state index in [2.05, 4.69) is 21.3 Å². The van der Waals surface area contributed by atoms with Crippen molar-refractivity contribution in [2.24, 2.45) is 68.8 Å². The van der Waals surface area contributed by atoms with Crippen LogP contribution in [0, 0.1) is 0 Å². The van der Waals surface area contributed by atoms with Crippen LogP contribution in [-0.4, -0.2) is 358 Å². The van der Waals surface area contributed by atoms with E-state index in [4.69, 9.17) is 126 Å². The van der Waals surface area contributed by atoms with Crippen molar-refractivity contribution >= 4 is 12.1 Å². The van der Waals surface area contributed by atoms with Gasteiger partial charge in [-0.1, -0.05) is 51.4 Å². The van der Waals surface area contributed by atoms with Gasteiger partial charge in [-0.15, -0.1) is 0 Å². The molecule has 2 saturated carbocycles. The molecule has 42 nitrogen and oxygen atoms in total. The summed E-state index contributed by atoms with van der Waals surface area (Å²) in [5.41, 5.74) is 73.5. The lowest BCUT2D eigenvalue weighted by atomic mass is 9.84. The average Bonchev–Trinajstić information content (AvgIpc) is 1.44. The Hall–Kier alpha value is -2.90. The number of ether oxygens (including phenoxy) is 12. The van der Waals surface area contributed by atoms with E-state index in [1.165, 1.54) is 0 Å². The normalized spacial score (nSPS) is 46.4. The van der Waals surface area contributed by atoms with Gasteiger partial charge in [-0.25, -0.2) is 9.59 Å². The molecule has 38 atom stereocenters. The zero-order valence-corrected chi connectivity index (χ0v) is 57.1. The molecular weight excluding hydrogens is 1360 g/mol. The minimum absolute atomic E-state index is 0.0260. The van der Waals surface area contributed by atoms with Gasteiger partial charge in [0.2, 0.25) is 0 Å². The molecule has 8 rings (SSSR count). The molecule has 21 unspecified atom stereocenters. The number of nitrogens with one attached hydrogen (secondary N) is 4. The van der Waals surface area contributed by atoms with E-state index in [0.29, 0.717) is 25.9 Å². The first-order chi connectivity index (χ1) is 48.5. The lowest BCUT2D eigenvalue weighted by Crippen LogP contribution is -2.68. The molecule has 0 aromatic rings. The summed E-state index contributed by atoms with van der Waals surface area (Å²) in [6, 6.07) is -10.2. The third-order valence-electron chi connectivity index (χ3n) is 20.5. The van der Waals surface area contributed by atoms with Crippen molar-refractivity contribution in [3.05, 3.63) is 0 Å². The van der Waals surface area contributed by atoms with Crippen LogP contribution >= 0.6 is 0 Å². The molecule has 8 aliphatic rings. The first-order valence-corrected chi connectivity index (χ1v) is 35.5. The fraction of sp³-hybridized carbons (Fsp3) is 0.967. The monoisotopic (exact) mass is 1480 g/mol. The Morgan fingerprint density at radius 3 is 0.804 bits per heavy atom. The van der Waals surface area contributed by atoms with Gasteiger partial charge in [0.1, 0.15) is 134 Å². The molecular formula is C60H118N16O26. The first kappa shape index (κ1) is 84.7. The van der Waals surface area contributed by atoms with E-state index < -0.39 is 245 Å². The SMILES string of the molecule is NCC1O[C@@H](OC2C(N)C[C@@H](N)[C@H](O)C2O[C@@H]2O[C@H](CNC(=O)NCCCCCCCCCCCCNC(=O)NC[C@H]3O[C@@H](O[C@H]4C(O[C@@H]5OC(CN)C(O)[C@H](O)C5N)C(N)C[C@@H](N)C4O)[C@@H](O)C3O[C@H]3O[C@@H](CN)C(O)C(O)C3N)C(O[C@@H]3O[C@H](CN)C(O)C(O)C3N)C2O)C(N)[C@@H](O)C1O. The summed E-state index contributed by atoms with van der Waals surface area (Å²) in [5.74, 6) is 0. The summed E-state index contributed by atoms with van der Waals surface area (Å²) in [6.45, 7) is -0.805. The molecule has 42 heteroatoms. The number of amides is 4. The van der Waals surface area contributed by atoms with Crippen LogP contribution in [0.5, 0.6) is 0 Å². The Labute approximate surface area is 590 Å². The van der Waals surface area contributed by atoms with E-state index in [0.717, 1.165) is 51.4 Å². The summed E-state index contributed by atoms with van der Waals surface area (Å²) >= 11 is 0. The zero-order chi connectivity index (χ0) is 74.5. The molecule has 40 N–H and O–H groups in total. The minimum Gasteiger partial charge on any atom is -0.389 e. The molecule has 6 heterocycles. The Morgan fingerprint density at radius 2 is 0.529 bits per heavy atom. The molecule has 2 aliphatic carbocycles. The summed E-state index contributed by atoms with van der Waals surface area (Å²) in [6.07, 6.45) is -33.5. The highest BCUT2D eigenvalue weighted by atomic mass is 16.8. The van der Waals surface area contributed by atoms with Crippen LogP contribution < -0.4 is 90.1 Å². The standard InChI is InChI=1S/C60H118N16O26/c61-15-25-37(79)41(83)31(69)53(91-25)97-47-23(67)13-21(65)35(77)51(47)101-57-45(87)49(99-55-33(71)43(85)39(81)27(17-63)93-55)29(95-57)19-75-59(89)73-11-9-7-5-3-1-2-4-6-8-10-12-74-60(90)76-20-30-50(100-56-34(72)44(86)40(82)28(18-64)94-56)46(88)58(96-30)102-52-36(78)22(66)14-24(68)48(52)98-54-32(70)42(84)38(80)26(16-62)92-54/h21-58,77-88H,1-20,61-72H2,(H2,73,75,89)(H2,74,76,90)/t21-,22-,23?,24?,25?,26?,27-,28+,29-,30-,31?,32?,33?,34?,35+,36?,37?,38?,39?,40?,41-,42-,43?,44?,45?,46+,47?,48?,49?,50?,51?,52-,53+,54+,55+,56-,57+,58+/m1/s1. The van der Waals surface area contributed by atoms with Gasteiger partial charge in [0, 0.05) is 76.5 Å². The second-order valence-electron chi connectivity index (χ2n) is 27.9. The summed E-state index contributed by atoms with van der Waals surface area (Å²) in [7, 11) is 0. The highest BCUT2D eigenvalue weighted by Gasteiger charge is 2.58. The highest BCUT2D eigenvalue weighted by Crippen LogP contribution is 2.38. The molecule has 8 fully saturated rings. The maximum Gasteiger partial charge on any atom is 0.314 e. The lowest BCUT2D eigenvalue weighted by Gasteiger charge is -2.47. The second kappa shape index (κ2) is 39.5. The van der Waals surface area contributed by atoms with Crippen molar-refractivity contribution in [1.29, 1.82) is 0 Å². The molecule has 6 saturated heterocycles. The Bertz CT molecular complexity index is 2340. The van der Waals surface area contributed by atoms with Crippen LogP contribution in [0.2, 0.25) is 0 Å². The van der Waals surface area contributed by atoms with Crippen LogP contribution in [0.15, 0.2) is 0 Å². The quantitative estimate of drug-likeness (QED) is 0.0271. The highest BCUT2D eigenvalue weighted by molar-refractivity contribution is 5.74. The van der Waals surface area contributed by atoms with Gasteiger partial charge in [0.05, 0.1) is 36.4 Å². The van der Waals surface area contributed by atoms with Crippen molar-refractivity contribution < 1.29 is 128 Å². The number of carbonyl (C=O) groups excluding carboxylic acids is 2. The van der Waals surface area contributed by atoms with Crippen molar-refractivity contribution in [2.45, 2.75) is 310 Å². The van der Waals surface area contributed by atoms with E-state index in [-0.39, 0.29) is 52.1 Å². The number of rotatable bonds is 33. The van der Waals surface area contributed by atoms with E-state index >= 15 is 0 Å². The Balaban J connectivity index is 0.741. The summed E-state index contributed by atoms with van der Waals surface area (Å²) < 4.78 is 72.5. The van der Waals surface area contributed by atoms with Crippen molar-refractivity contribution in [1.82, 2.24) is 21.3 Å². The smallest absolute Gasteiger partial charge is 0.314 e. The molecule has 0 radical (unpaired) electrons. The second-order valence-corrected chi connectivity index (χ2v) is 27.9. The number of aliphatic hydroxyl groups is 12. The molecule has 0 aromatic carbocycles. The van der Waals surface area contributed by atoms with Crippen LogP contribution in [0.1, 0.15) is 77.0 Å². The minimum atomic E-state index is -1.71. The maximum atomic E-state index is 13.2. The summed E-state index contributed by atoms with van der Waals surface area (Å²) in [4.78, 5) is 26.4. The third kappa shape index (κ3) is 20.7. The largest absolute Gasteiger partial charge is 0.389 e. The lowest BCUT2D eigenvalue weighted by molar-refractivity contribution is -0.306. The van der Waals surface area contributed by atoms with E-state index in [1.54, 1.807) is 0 Å². The predicted octanol–water partition coefficient (Wildman–Crippen LogP) is -14.3. The van der Waals surface area contributed by atoms with Gasteiger partial charge in [-0.3, -0.25) is 0 Å². The van der Waals surface area contributed by atoms with Crippen molar-refractivity contribution in [3.63, 3.8) is 0 Å². The number of nitrogens with two attached hydrogens (primary N) is 12. The van der Waals surface area contributed by atoms with Gasteiger partial charge in [-0.05, 0) is 25.7 Å². The molecule has 594 valence electrons. The van der Waals surface area contributed by atoms with E-state index in [9.17, 15) is 70.9 Å². The number of hydrogen-bond donors (Lipinski definition) is 28. The molecule has 102 heavy (non-hydrogen) atoms. The fourth-order valence-corrected chi connectivity index (χ4v) is 14.1. The van der Waals surface area contributed by atoms with Gasteiger partial charge in [-0.2, -0.15) is 0 Å². The predicted molar refractivity (Wildman–Crippen MR) is 352 cm³/mol. The number of urea groups is 2. The van der Waals surface area contributed by atoms with E-state index in [1.807, 2.05) is 0 Å². The molecule has 0 aromatic heterocycles. The Morgan fingerprint density at radius 1 is 0.284 bits per heavy atom. The van der Waals surface area contributed by atoms with Gasteiger partial charge in [0.25, 0.3) is 0 Å². The van der Waals surface area contributed by atoms with Crippen LogP contribution in [-0.2, 0) is 56.8 Å². The molecule has 4 amide bonds. The Kier molecular flexibility index (Phi) is 32.8. The van der Waals surface area contributed by atoms with Gasteiger partial charge < -0.3 is 208 Å².